The Hall–Kier alpha value is -8.01. The molecule has 0 saturated carbocycles. The summed E-state index contributed by atoms with van der Waals surface area (Å²) in [6.07, 6.45) is 0. The number of benzene rings is 10. The van der Waals surface area contributed by atoms with Crippen molar-refractivity contribution in [2.45, 2.75) is 5.41 Å². The van der Waals surface area contributed by atoms with Gasteiger partial charge in [-0.2, -0.15) is 0 Å². The van der Waals surface area contributed by atoms with Gasteiger partial charge in [-0.1, -0.05) is 224 Å². The lowest BCUT2D eigenvalue weighted by molar-refractivity contribution is 0.768. The third kappa shape index (κ3) is 5.34. The Balaban J connectivity index is 1.21. The molecule has 0 fully saturated rings. The second-order valence-electron chi connectivity index (χ2n) is 15.8. The number of hydrogen-bond acceptors (Lipinski definition) is 3. The molecule has 10 aromatic carbocycles. The molecule has 0 unspecified atom stereocenters. The zero-order valence-corrected chi connectivity index (χ0v) is 33.2. The summed E-state index contributed by atoms with van der Waals surface area (Å²) in [6.45, 7) is 0. The fourth-order valence-electron chi connectivity index (χ4n) is 10.1. The average molecular weight is 776 g/mol. The predicted octanol–water partition coefficient (Wildman–Crippen LogP) is 14.4. The maximum atomic E-state index is 5.63. The minimum atomic E-state index is -0.554. The molecular formula is C58H37N3. The standard InChI is InChI=1S/C58H37N3/c1-5-21-39(22-6-1)51-44-30-15-16-31-45(44)54(53-43-29-14-13-20-38(43)36-37-47(51)53)57-60-55(40-23-7-2-8-24-40)59-56(61-57)48-33-19-35-50-52(48)46-32-17-18-34-49(46)58(50,41-25-9-3-10-26-41)42-27-11-4-12-28-42/h1-37H. The summed E-state index contributed by atoms with van der Waals surface area (Å²) < 4.78 is 0. The molecule has 0 atom stereocenters. The lowest BCUT2D eigenvalue weighted by Gasteiger charge is -2.33. The van der Waals surface area contributed by atoms with Crippen LogP contribution in [0.4, 0.5) is 0 Å². The Morgan fingerprint density at radius 3 is 1.49 bits per heavy atom. The molecular weight excluding hydrogens is 739 g/mol. The summed E-state index contributed by atoms with van der Waals surface area (Å²) in [5, 5.41) is 6.86. The first-order valence-electron chi connectivity index (χ1n) is 20.9. The van der Waals surface area contributed by atoms with Gasteiger partial charge in [-0.25, -0.2) is 15.0 Å². The Bertz CT molecular complexity index is 3410. The molecule has 0 saturated heterocycles. The van der Waals surface area contributed by atoms with E-state index in [2.05, 4.69) is 218 Å². The summed E-state index contributed by atoms with van der Waals surface area (Å²) in [4.78, 5) is 16.5. The maximum Gasteiger partial charge on any atom is 0.165 e. The van der Waals surface area contributed by atoms with Crippen molar-refractivity contribution in [2.75, 3.05) is 0 Å². The Morgan fingerprint density at radius 1 is 0.279 bits per heavy atom. The van der Waals surface area contributed by atoms with Crippen LogP contribution in [0, 0.1) is 0 Å². The van der Waals surface area contributed by atoms with Crippen molar-refractivity contribution < 1.29 is 0 Å². The van der Waals surface area contributed by atoms with E-state index in [0.29, 0.717) is 17.5 Å². The van der Waals surface area contributed by atoms with Gasteiger partial charge in [-0.15, -0.1) is 0 Å². The van der Waals surface area contributed by atoms with E-state index >= 15 is 0 Å². The van der Waals surface area contributed by atoms with Crippen molar-refractivity contribution in [2.24, 2.45) is 0 Å². The van der Waals surface area contributed by atoms with E-state index in [9.17, 15) is 0 Å². The Morgan fingerprint density at radius 2 is 0.787 bits per heavy atom. The Labute approximate surface area is 354 Å². The van der Waals surface area contributed by atoms with Crippen molar-refractivity contribution in [1.82, 2.24) is 15.0 Å². The topological polar surface area (TPSA) is 38.7 Å². The van der Waals surface area contributed by atoms with Crippen molar-refractivity contribution in [3.8, 4) is 56.4 Å². The molecule has 1 aromatic heterocycles. The maximum absolute atomic E-state index is 5.63. The fraction of sp³-hybridized carbons (Fsp3) is 0.0172. The van der Waals surface area contributed by atoms with Gasteiger partial charge in [0.25, 0.3) is 0 Å². The number of nitrogens with zero attached hydrogens (tertiary/aromatic N) is 3. The highest BCUT2D eigenvalue weighted by Gasteiger charge is 2.47. The molecule has 1 aliphatic carbocycles. The lowest BCUT2D eigenvalue weighted by atomic mass is 9.67. The highest BCUT2D eigenvalue weighted by Crippen LogP contribution is 2.58. The van der Waals surface area contributed by atoms with Crippen LogP contribution < -0.4 is 0 Å². The smallest absolute Gasteiger partial charge is 0.165 e. The summed E-state index contributed by atoms with van der Waals surface area (Å²) in [7, 11) is 0. The van der Waals surface area contributed by atoms with Crippen LogP contribution in [-0.2, 0) is 5.41 Å². The van der Waals surface area contributed by atoms with Crippen molar-refractivity contribution in [1.29, 1.82) is 0 Å². The third-order valence-corrected chi connectivity index (χ3v) is 12.6. The number of rotatable bonds is 6. The molecule has 12 rings (SSSR count). The minimum absolute atomic E-state index is 0.554. The SMILES string of the molecule is c1ccc(-c2nc(-c3cccc4c3-c3ccccc3C4(c3ccccc3)c3ccccc3)nc(-c3c4ccccc4c(-c4ccccc4)c4ccc5ccccc5c34)n2)cc1. The van der Waals surface area contributed by atoms with Gasteiger partial charge in [-0.05, 0) is 71.4 Å². The van der Waals surface area contributed by atoms with Gasteiger partial charge in [0, 0.05) is 22.1 Å². The molecule has 0 N–H and O–H groups in total. The van der Waals surface area contributed by atoms with E-state index in [1.54, 1.807) is 0 Å². The van der Waals surface area contributed by atoms with Gasteiger partial charge in [0.15, 0.2) is 17.5 Å². The van der Waals surface area contributed by atoms with E-state index in [0.717, 1.165) is 49.2 Å². The predicted molar refractivity (Wildman–Crippen MR) is 251 cm³/mol. The number of aromatic nitrogens is 3. The molecule has 0 radical (unpaired) electrons. The molecule has 1 aliphatic rings. The zero-order chi connectivity index (χ0) is 40.3. The molecule has 0 spiro atoms. The average Bonchev–Trinajstić information content (AvgIpc) is 3.65. The van der Waals surface area contributed by atoms with E-state index in [-0.39, 0.29) is 0 Å². The summed E-state index contributed by atoms with van der Waals surface area (Å²) in [6, 6.07) is 80.4. The highest BCUT2D eigenvalue weighted by atomic mass is 15.0. The second-order valence-corrected chi connectivity index (χ2v) is 15.8. The second kappa shape index (κ2) is 14.1. The van der Waals surface area contributed by atoms with E-state index in [4.69, 9.17) is 15.0 Å². The van der Waals surface area contributed by atoms with Crippen LogP contribution in [0.3, 0.4) is 0 Å². The molecule has 11 aromatic rings. The van der Waals surface area contributed by atoms with Gasteiger partial charge in [0.1, 0.15) is 0 Å². The number of fused-ring (bicyclic) bond motifs is 7. The monoisotopic (exact) mass is 775 g/mol. The third-order valence-electron chi connectivity index (χ3n) is 12.6. The lowest BCUT2D eigenvalue weighted by Crippen LogP contribution is -2.28. The Kier molecular flexibility index (Phi) is 8.07. The fourth-order valence-corrected chi connectivity index (χ4v) is 10.1. The molecule has 0 bridgehead atoms. The van der Waals surface area contributed by atoms with E-state index in [1.165, 1.54) is 44.3 Å². The molecule has 3 nitrogen and oxygen atoms in total. The number of hydrogen-bond donors (Lipinski definition) is 0. The summed E-state index contributed by atoms with van der Waals surface area (Å²) in [5.41, 5.74) is 11.9. The van der Waals surface area contributed by atoms with Crippen LogP contribution in [-0.4, -0.2) is 15.0 Å². The van der Waals surface area contributed by atoms with Crippen LogP contribution in [0.25, 0.3) is 88.7 Å². The van der Waals surface area contributed by atoms with Crippen molar-refractivity contribution >= 4 is 32.3 Å². The van der Waals surface area contributed by atoms with E-state index in [1.807, 2.05) is 6.07 Å². The minimum Gasteiger partial charge on any atom is -0.208 e. The van der Waals surface area contributed by atoms with Gasteiger partial charge in [-0.3, -0.25) is 0 Å². The van der Waals surface area contributed by atoms with Gasteiger partial charge in [0.2, 0.25) is 0 Å². The van der Waals surface area contributed by atoms with Crippen molar-refractivity contribution in [3.63, 3.8) is 0 Å². The molecule has 0 amide bonds. The van der Waals surface area contributed by atoms with Gasteiger partial charge < -0.3 is 0 Å². The van der Waals surface area contributed by atoms with Crippen LogP contribution in [0.2, 0.25) is 0 Å². The molecule has 3 heteroatoms. The first-order valence-corrected chi connectivity index (χ1v) is 20.9. The van der Waals surface area contributed by atoms with E-state index < -0.39 is 5.41 Å². The van der Waals surface area contributed by atoms with Gasteiger partial charge in [0.05, 0.1) is 5.41 Å². The summed E-state index contributed by atoms with van der Waals surface area (Å²) >= 11 is 0. The van der Waals surface area contributed by atoms with Gasteiger partial charge >= 0.3 is 0 Å². The molecule has 61 heavy (non-hydrogen) atoms. The zero-order valence-electron chi connectivity index (χ0n) is 33.2. The van der Waals surface area contributed by atoms with Crippen LogP contribution in [0.15, 0.2) is 224 Å². The first-order chi connectivity index (χ1) is 30.3. The quantitative estimate of drug-likeness (QED) is 0.125. The first kappa shape index (κ1) is 35.0. The normalized spacial score (nSPS) is 12.7. The highest BCUT2D eigenvalue weighted by molar-refractivity contribution is 6.27. The van der Waals surface area contributed by atoms with Crippen LogP contribution in [0.5, 0.6) is 0 Å². The van der Waals surface area contributed by atoms with Crippen molar-refractivity contribution in [3.05, 3.63) is 247 Å². The molecule has 1 heterocycles. The summed E-state index contributed by atoms with van der Waals surface area (Å²) in [5.74, 6) is 1.91. The van der Waals surface area contributed by atoms with Crippen LogP contribution in [0.1, 0.15) is 22.3 Å². The molecule has 284 valence electrons. The largest absolute Gasteiger partial charge is 0.208 e. The van der Waals surface area contributed by atoms with Crippen LogP contribution >= 0.6 is 0 Å². The molecule has 0 aliphatic heterocycles.